The van der Waals surface area contributed by atoms with E-state index in [9.17, 15) is 26.7 Å². The number of benzene rings is 2. The van der Waals surface area contributed by atoms with Gasteiger partial charge in [-0.05, 0) is 49.9 Å². The second kappa shape index (κ2) is 11.4. The van der Waals surface area contributed by atoms with Gasteiger partial charge in [-0.25, -0.2) is 22.0 Å². The van der Waals surface area contributed by atoms with Crippen LogP contribution in [0.25, 0.3) is 10.9 Å². The van der Waals surface area contributed by atoms with Gasteiger partial charge >= 0.3 is 0 Å². The Morgan fingerprint density at radius 1 is 1.20 bits per heavy atom. The van der Waals surface area contributed by atoms with Crippen molar-refractivity contribution in [1.82, 2.24) is 14.6 Å². The molecule has 2 fully saturated rings. The van der Waals surface area contributed by atoms with Crippen LogP contribution in [0.2, 0.25) is 0 Å². The lowest BCUT2D eigenvalue weighted by Crippen LogP contribution is -2.47. The number of sulfonamides is 2. The molecule has 3 aromatic rings. The van der Waals surface area contributed by atoms with Crippen LogP contribution in [0.4, 0.5) is 0 Å². The molecule has 2 saturated heterocycles. The van der Waals surface area contributed by atoms with E-state index < -0.39 is 37.2 Å². The van der Waals surface area contributed by atoms with Gasteiger partial charge in [-0.2, -0.15) is 4.31 Å². The number of H-pyrrole nitrogens is 1. The van der Waals surface area contributed by atoms with Gasteiger partial charge in [-0.1, -0.05) is 18.2 Å². The summed E-state index contributed by atoms with van der Waals surface area (Å²) in [5.41, 5.74) is 0.496. The molecule has 12 nitrogen and oxygen atoms in total. The SMILES string of the molecule is Cc1cccc2c(=O)c(S(=O)(=O)N3CCC4(CC3)C[C@@H](NC[C@H](O)COc3cccc(S(N)(=O)=O)c3)CO4)c[nH]c12. The minimum Gasteiger partial charge on any atom is -0.491 e. The number of aromatic nitrogens is 1. The Balaban J connectivity index is 1.13. The number of primary sulfonamides is 1. The van der Waals surface area contributed by atoms with Crippen LogP contribution in [0.1, 0.15) is 24.8 Å². The van der Waals surface area contributed by atoms with Crippen LogP contribution in [0.5, 0.6) is 5.75 Å². The Labute approximate surface area is 238 Å². The largest absolute Gasteiger partial charge is 0.491 e. The van der Waals surface area contributed by atoms with Gasteiger partial charge < -0.3 is 24.9 Å². The van der Waals surface area contributed by atoms with Crippen molar-refractivity contribution in [2.24, 2.45) is 5.14 Å². The number of pyridine rings is 1. The molecular formula is C27H34N4O8S2. The third-order valence-corrected chi connectivity index (χ3v) is 10.6. The van der Waals surface area contributed by atoms with Gasteiger partial charge in [0.2, 0.25) is 25.5 Å². The van der Waals surface area contributed by atoms with E-state index in [2.05, 4.69) is 10.3 Å². The molecule has 0 amide bonds. The second-order valence-electron chi connectivity index (χ2n) is 10.7. The number of aliphatic hydroxyl groups is 1. The zero-order chi connectivity index (χ0) is 29.4. The molecule has 222 valence electrons. The Hall–Kier alpha value is -2.85. The molecule has 0 saturated carbocycles. The van der Waals surface area contributed by atoms with E-state index in [1.165, 1.54) is 28.7 Å². The third-order valence-electron chi connectivity index (χ3n) is 7.77. The van der Waals surface area contributed by atoms with Crippen LogP contribution in [0, 0.1) is 6.92 Å². The minimum atomic E-state index is -3.99. The summed E-state index contributed by atoms with van der Waals surface area (Å²) in [4.78, 5) is 15.7. The number of piperidine rings is 1. The van der Waals surface area contributed by atoms with Crippen molar-refractivity contribution in [3.8, 4) is 5.75 Å². The van der Waals surface area contributed by atoms with Crippen LogP contribution in [0.15, 0.2) is 63.2 Å². The molecule has 3 heterocycles. The van der Waals surface area contributed by atoms with E-state index in [1.54, 1.807) is 18.2 Å². The number of aromatic amines is 1. The fourth-order valence-electron chi connectivity index (χ4n) is 5.47. The average molecular weight is 607 g/mol. The molecule has 0 unspecified atom stereocenters. The van der Waals surface area contributed by atoms with Gasteiger partial charge in [-0.3, -0.25) is 4.79 Å². The molecule has 1 aromatic heterocycles. The Morgan fingerprint density at radius 2 is 1.93 bits per heavy atom. The predicted molar refractivity (Wildman–Crippen MR) is 152 cm³/mol. The van der Waals surface area contributed by atoms with Gasteiger partial charge in [0.1, 0.15) is 23.4 Å². The van der Waals surface area contributed by atoms with Crippen molar-refractivity contribution >= 4 is 30.9 Å². The fraction of sp³-hybridized carbons (Fsp3) is 0.444. The van der Waals surface area contributed by atoms with Crippen molar-refractivity contribution in [2.75, 3.05) is 32.8 Å². The molecule has 5 N–H and O–H groups in total. The smallest absolute Gasteiger partial charge is 0.248 e. The Kier molecular flexibility index (Phi) is 8.27. The lowest BCUT2D eigenvalue weighted by atomic mass is 9.88. The van der Waals surface area contributed by atoms with E-state index in [0.717, 1.165) is 5.56 Å². The number of fused-ring (bicyclic) bond motifs is 1. The number of rotatable bonds is 9. The van der Waals surface area contributed by atoms with E-state index >= 15 is 0 Å². The first kappa shape index (κ1) is 29.6. The van der Waals surface area contributed by atoms with E-state index in [1.807, 2.05) is 13.0 Å². The monoisotopic (exact) mass is 606 g/mol. The molecule has 2 aliphatic rings. The lowest BCUT2D eigenvalue weighted by molar-refractivity contribution is -0.0312. The molecule has 0 bridgehead atoms. The van der Waals surface area contributed by atoms with Gasteiger partial charge in [0.05, 0.1) is 22.6 Å². The molecule has 0 aliphatic carbocycles. The number of aryl methyl sites for hydroxylation is 1. The van der Waals surface area contributed by atoms with Crippen LogP contribution < -0.4 is 20.6 Å². The lowest BCUT2D eigenvalue weighted by Gasteiger charge is -2.37. The summed E-state index contributed by atoms with van der Waals surface area (Å²) in [5, 5.41) is 19.1. The number of hydrogen-bond acceptors (Lipinski definition) is 9. The normalized spacial score (nSPS) is 20.4. The molecule has 1 spiro atoms. The molecule has 5 rings (SSSR count). The molecular weight excluding hydrogens is 572 g/mol. The number of aliphatic hydroxyl groups excluding tert-OH is 1. The van der Waals surface area contributed by atoms with Crippen molar-refractivity contribution in [3.05, 3.63) is 64.4 Å². The maximum absolute atomic E-state index is 13.4. The minimum absolute atomic E-state index is 0.0370. The number of nitrogens with one attached hydrogen (secondary N) is 2. The number of nitrogens with two attached hydrogens (primary N) is 1. The van der Waals surface area contributed by atoms with Crippen LogP contribution in [-0.2, 0) is 24.8 Å². The summed E-state index contributed by atoms with van der Waals surface area (Å²) in [6.45, 7) is 2.90. The van der Waals surface area contributed by atoms with E-state index in [-0.39, 0.29) is 47.8 Å². The predicted octanol–water partition coefficient (Wildman–Crippen LogP) is 0.826. The Morgan fingerprint density at radius 3 is 2.66 bits per heavy atom. The first-order valence-electron chi connectivity index (χ1n) is 13.3. The maximum Gasteiger partial charge on any atom is 0.248 e. The van der Waals surface area contributed by atoms with Crippen molar-refractivity contribution in [3.63, 3.8) is 0 Å². The first-order valence-corrected chi connectivity index (χ1v) is 16.3. The highest BCUT2D eigenvalue weighted by atomic mass is 32.2. The van der Waals surface area contributed by atoms with E-state index in [4.69, 9.17) is 14.6 Å². The highest BCUT2D eigenvalue weighted by Gasteiger charge is 2.45. The van der Waals surface area contributed by atoms with Crippen molar-refractivity contribution < 1.29 is 31.4 Å². The topological polar surface area (TPSA) is 181 Å². The number of ether oxygens (including phenoxy) is 2. The molecule has 2 aliphatic heterocycles. The second-order valence-corrected chi connectivity index (χ2v) is 14.1. The van der Waals surface area contributed by atoms with Crippen LogP contribution in [0.3, 0.4) is 0 Å². The third kappa shape index (κ3) is 6.33. The van der Waals surface area contributed by atoms with Gasteiger partial charge in [-0.15, -0.1) is 0 Å². The van der Waals surface area contributed by atoms with Crippen molar-refractivity contribution in [2.45, 2.75) is 53.7 Å². The summed E-state index contributed by atoms with van der Waals surface area (Å²) >= 11 is 0. The fourth-order valence-corrected chi connectivity index (χ4v) is 7.51. The van der Waals surface area contributed by atoms with Gasteiger partial charge in [0.15, 0.2) is 0 Å². The standard InChI is InChI=1S/C27H34N4O8S2/c1-18-4-2-7-23-25(18)30-15-24(26(23)33)41(36,37)31-10-8-27(9-11-31)13-19(16-39-27)29-14-20(32)17-38-21-5-3-6-22(12-21)40(28,34)35/h2-7,12,15,19-20,29,32H,8-11,13-14,16-17H2,1H3,(H,30,33)(H2,28,34,35)/t19-,20+/m1/s1. The Bertz CT molecular complexity index is 1700. The summed E-state index contributed by atoms with van der Waals surface area (Å²) in [7, 11) is -7.84. The first-order chi connectivity index (χ1) is 19.4. The van der Waals surface area contributed by atoms with Crippen molar-refractivity contribution in [1.29, 1.82) is 0 Å². The maximum atomic E-state index is 13.4. The zero-order valence-electron chi connectivity index (χ0n) is 22.6. The van der Waals surface area contributed by atoms with E-state index in [0.29, 0.717) is 36.8 Å². The number of hydrogen-bond donors (Lipinski definition) is 4. The van der Waals surface area contributed by atoms with Crippen LogP contribution >= 0.6 is 0 Å². The quantitative estimate of drug-likeness (QED) is 0.274. The van der Waals surface area contributed by atoms with Crippen LogP contribution in [-0.4, -0.2) is 81.8 Å². The number of nitrogens with zero attached hydrogens (tertiary/aromatic N) is 1. The summed E-state index contributed by atoms with van der Waals surface area (Å²) < 4.78 is 62.8. The zero-order valence-corrected chi connectivity index (χ0v) is 24.2. The molecule has 0 radical (unpaired) electrons. The summed E-state index contributed by atoms with van der Waals surface area (Å²) in [5.74, 6) is 0.279. The number of para-hydroxylation sites is 1. The highest BCUT2D eigenvalue weighted by Crippen LogP contribution is 2.37. The van der Waals surface area contributed by atoms with Gasteiger partial charge in [0, 0.05) is 43.3 Å². The summed E-state index contributed by atoms with van der Waals surface area (Å²) in [6.07, 6.45) is 2.05. The highest BCUT2D eigenvalue weighted by molar-refractivity contribution is 7.89. The average Bonchev–Trinajstić information content (AvgIpc) is 3.33. The summed E-state index contributed by atoms with van der Waals surface area (Å²) in [6, 6.07) is 10.9. The molecule has 41 heavy (non-hydrogen) atoms. The molecule has 2 aromatic carbocycles. The van der Waals surface area contributed by atoms with Gasteiger partial charge in [0.25, 0.3) is 0 Å². The molecule has 2 atom stereocenters. The molecule has 14 heteroatoms.